The van der Waals surface area contributed by atoms with Crippen LogP contribution < -0.4 is 14.4 Å². The molecule has 8 nitrogen and oxygen atoms in total. The van der Waals surface area contributed by atoms with E-state index >= 15 is 0 Å². The van der Waals surface area contributed by atoms with E-state index in [0.717, 1.165) is 9.87 Å². The van der Waals surface area contributed by atoms with Gasteiger partial charge in [0.15, 0.2) is 0 Å². The van der Waals surface area contributed by atoms with E-state index in [2.05, 4.69) is 5.32 Å². The molecule has 0 bridgehead atoms. The highest BCUT2D eigenvalue weighted by Gasteiger charge is 2.32. The quantitative estimate of drug-likeness (QED) is 0.354. The molecular weight excluding hydrogens is 549 g/mol. The third kappa shape index (κ3) is 6.98. The van der Waals surface area contributed by atoms with Gasteiger partial charge >= 0.3 is 0 Å². The second kappa shape index (κ2) is 13.0. The molecule has 202 valence electrons. The number of benzene rings is 3. The third-order valence-corrected chi connectivity index (χ3v) is 8.36. The van der Waals surface area contributed by atoms with Crippen LogP contribution in [0.4, 0.5) is 5.69 Å². The number of nitrogens with one attached hydrogen (secondary N) is 1. The van der Waals surface area contributed by atoms with E-state index in [1.807, 2.05) is 0 Å². The maximum absolute atomic E-state index is 13.8. The SMILES string of the molecule is CCNC(=O)[C@H](C)N(Cc1ccc(OC)cc1)C(=O)CN(c1ccc(Cl)c(Cl)c1)S(=O)(=O)c1ccccc1. The number of rotatable bonds is 11. The first-order chi connectivity index (χ1) is 18.1. The molecule has 0 aliphatic carbocycles. The molecule has 0 saturated carbocycles. The Morgan fingerprint density at radius 1 is 0.974 bits per heavy atom. The zero-order valence-electron chi connectivity index (χ0n) is 21.2. The Balaban J connectivity index is 2.03. The Morgan fingerprint density at radius 3 is 2.21 bits per heavy atom. The first-order valence-electron chi connectivity index (χ1n) is 11.8. The van der Waals surface area contributed by atoms with Crippen molar-refractivity contribution in [1.29, 1.82) is 0 Å². The number of halogens is 2. The van der Waals surface area contributed by atoms with Gasteiger partial charge in [0.2, 0.25) is 11.8 Å². The van der Waals surface area contributed by atoms with Crippen LogP contribution in [0.2, 0.25) is 10.0 Å². The van der Waals surface area contributed by atoms with E-state index in [9.17, 15) is 18.0 Å². The summed E-state index contributed by atoms with van der Waals surface area (Å²) in [6.07, 6.45) is 0. The Morgan fingerprint density at radius 2 is 1.63 bits per heavy atom. The van der Waals surface area contributed by atoms with Crippen LogP contribution in [-0.2, 0) is 26.2 Å². The summed E-state index contributed by atoms with van der Waals surface area (Å²) in [5, 5.41) is 3.10. The number of carbonyl (C=O) groups excluding carboxylic acids is 2. The van der Waals surface area contributed by atoms with Gasteiger partial charge in [-0.1, -0.05) is 53.5 Å². The van der Waals surface area contributed by atoms with Crippen molar-refractivity contribution in [1.82, 2.24) is 10.2 Å². The van der Waals surface area contributed by atoms with Crippen LogP contribution in [0.5, 0.6) is 5.75 Å². The monoisotopic (exact) mass is 577 g/mol. The van der Waals surface area contributed by atoms with Gasteiger partial charge in [-0.25, -0.2) is 8.42 Å². The molecule has 1 N–H and O–H groups in total. The lowest BCUT2D eigenvalue weighted by Gasteiger charge is -2.32. The molecule has 38 heavy (non-hydrogen) atoms. The normalized spacial score (nSPS) is 11.9. The molecule has 3 aromatic rings. The first-order valence-corrected chi connectivity index (χ1v) is 14.0. The minimum atomic E-state index is -4.18. The summed E-state index contributed by atoms with van der Waals surface area (Å²) >= 11 is 12.3. The van der Waals surface area contributed by atoms with E-state index in [-0.39, 0.29) is 33.1 Å². The van der Waals surface area contributed by atoms with Gasteiger partial charge in [0.05, 0.1) is 27.7 Å². The predicted octanol–water partition coefficient (Wildman–Crippen LogP) is 4.75. The molecule has 1 atom stereocenters. The highest BCUT2D eigenvalue weighted by atomic mass is 35.5. The summed E-state index contributed by atoms with van der Waals surface area (Å²) < 4.78 is 33.6. The number of anilines is 1. The summed E-state index contributed by atoms with van der Waals surface area (Å²) in [6.45, 7) is 3.25. The molecule has 0 heterocycles. The molecular formula is C27H29Cl2N3O5S. The van der Waals surface area contributed by atoms with Crippen molar-refractivity contribution in [2.45, 2.75) is 31.3 Å². The second-order valence-electron chi connectivity index (χ2n) is 8.36. The Bertz CT molecular complexity index is 1370. The smallest absolute Gasteiger partial charge is 0.264 e. The van der Waals surface area contributed by atoms with Gasteiger partial charge in [-0.05, 0) is 61.9 Å². The summed E-state index contributed by atoms with van der Waals surface area (Å²) in [4.78, 5) is 27.9. The molecule has 0 aromatic heterocycles. The van der Waals surface area contributed by atoms with Crippen LogP contribution in [0.25, 0.3) is 0 Å². The predicted molar refractivity (Wildman–Crippen MR) is 149 cm³/mol. The fraction of sp³-hybridized carbons (Fsp3) is 0.259. The van der Waals surface area contributed by atoms with Gasteiger partial charge in [-0.15, -0.1) is 0 Å². The van der Waals surface area contributed by atoms with Crippen LogP contribution in [0.15, 0.2) is 77.7 Å². The van der Waals surface area contributed by atoms with Crippen LogP contribution >= 0.6 is 23.2 Å². The molecule has 0 aliphatic heterocycles. The lowest BCUT2D eigenvalue weighted by molar-refractivity contribution is -0.139. The average molecular weight is 579 g/mol. The van der Waals surface area contributed by atoms with Gasteiger partial charge in [-0.3, -0.25) is 13.9 Å². The maximum atomic E-state index is 13.8. The van der Waals surface area contributed by atoms with Gasteiger partial charge in [-0.2, -0.15) is 0 Å². The topological polar surface area (TPSA) is 96.0 Å². The van der Waals surface area contributed by atoms with Crippen LogP contribution in [-0.4, -0.2) is 51.4 Å². The highest BCUT2D eigenvalue weighted by Crippen LogP contribution is 2.31. The Kier molecular flexibility index (Phi) is 10.0. The van der Waals surface area contributed by atoms with Crippen molar-refractivity contribution in [3.05, 3.63) is 88.4 Å². The summed E-state index contributed by atoms with van der Waals surface area (Å²) in [5.74, 6) is -0.297. The van der Waals surface area contributed by atoms with Gasteiger partial charge in [0.25, 0.3) is 10.0 Å². The fourth-order valence-corrected chi connectivity index (χ4v) is 5.44. The standard InChI is InChI=1S/C27H29Cl2N3O5S/c1-4-30-27(34)19(2)31(17-20-10-13-22(37-3)14-11-20)26(33)18-32(21-12-15-24(28)25(29)16-21)38(35,36)23-8-6-5-7-9-23/h5-16,19H,4,17-18H2,1-3H3,(H,30,34)/t19-/m0/s1. The van der Waals surface area contributed by atoms with Gasteiger partial charge in [0.1, 0.15) is 18.3 Å². The zero-order chi connectivity index (χ0) is 27.9. The third-order valence-electron chi connectivity index (χ3n) is 5.83. The molecule has 2 amide bonds. The molecule has 0 saturated heterocycles. The van der Waals surface area contributed by atoms with Crippen molar-refractivity contribution >= 4 is 50.7 Å². The summed E-state index contributed by atoms with van der Waals surface area (Å²) in [5.41, 5.74) is 0.897. The number of hydrogen-bond donors (Lipinski definition) is 1. The molecule has 0 spiro atoms. The first kappa shape index (κ1) is 29.3. The van der Waals surface area contributed by atoms with Crippen LogP contribution in [0, 0.1) is 0 Å². The number of hydrogen-bond acceptors (Lipinski definition) is 5. The second-order valence-corrected chi connectivity index (χ2v) is 11.0. The number of ether oxygens (including phenoxy) is 1. The van der Waals surface area contributed by atoms with Gasteiger partial charge in [0, 0.05) is 13.1 Å². The zero-order valence-corrected chi connectivity index (χ0v) is 23.6. The number of sulfonamides is 1. The molecule has 3 aromatic carbocycles. The van der Waals surface area contributed by atoms with Crippen molar-refractivity contribution < 1.29 is 22.7 Å². The number of methoxy groups -OCH3 is 1. The Hall–Kier alpha value is -3.27. The van der Waals surface area contributed by atoms with Crippen molar-refractivity contribution in [3.63, 3.8) is 0 Å². The molecule has 0 fully saturated rings. The molecule has 0 unspecified atom stereocenters. The van der Waals surface area contributed by atoms with Gasteiger partial charge < -0.3 is 15.0 Å². The molecule has 11 heteroatoms. The highest BCUT2D eigenvalue weighted by molar-refractivity contribution is 7.92. The van der Waals surface area contributed by atoms with E-state index in [1.54, 1.807) is 63.4 Å². The largest absolute Gasteiger partial charge is 0.497 e. The Labute approximate surface area is 233 Å². The fourth-order valence-electron chi connectivity index (χ4n) is 3.72. The molecule has 0 aliphatic rings. The minimum Gasteiger partial charge on any atom is -0.497 e. The van der Waals surface area contributed by atoms with E-state index < -0.39 is 28.5 Å². The van der Waals surface area contributed by atoms with E-state index in [0.29, 0.717) is 12.3 Å². The lowest BCUT2D eigenvalue weighted by Crippen LogP contribution is -2.51. The molecule has 0 radical (unpaired) electrons. The van der Waals surface area contributed by atoms with E-state index in [1.165, 1.54) is 35.2 Å². The maximum Gasteiger partial charge on any atom is 0.264 e. The van der Waals surface area contributed by atoms with Crippen LogP contribution in [0.3, 0.4) is 0 Å². The number of amides is 2. The lowest BCUT2D eigenvalue weighted by atomic mass is 10.1. The summed E-state index contributed by atoms with van der Waals surface area (Å²) in [6, 6.07) is 18.3. The van der Waals surface area contributed by atoms with Crippen molar-refractivity contribution in [2.75, 3.05) is 24.5 Å². The summed E-state index contributed by atoms with van der Waals surface area (Å²) in [7, 11) is -2.63. The minimum absolute atomic E-state index is 0.00245. The van der Waals surface area contributed by atoms with Crippen molar-refractivity contribution in [2.24, 2.45) is 0 Å². The van der Waals surface area contributed by atoms with Crippen molar-refractivity contribution in [3.8, 4) is 5.75 Å². The number of likely N-dealkylation sites (N-methyl/N-ethyl adjacent to an activating group) is 1. The number of carbonyl (C=O) groups is 2. The molecule has 3 rings (SSSR count). The van der Waals surface area contributed by atoms with Crippen LogP contribution in [0.1, 0.15) is 19.4 Å². The van der Waals surface area contributed by atoms with E-state index in [4.69, 9.17) is 27.9 Å². The average Bonchev–Trinajstić information content (AvgIpc) is 2.92. The number of nitrogens with zero attached hydrogens (tertiary/aromatic N) is 2.